The van der Waals surface area contributed by atoms with Crippen molar-refractivity contribution in [1.29, 1.82) is 0 Å². The highest BCUT2D eigenvalue weighted by Crippen LogP contribution is 2.31. The molecule has 3 aromatic rings. The van der Waals surface area contributed by atoms with Gasteiger partial charge < -0.3 is 20.1 Å². The van der Waals surface area contributed by atoms with Gasteiger partial charge in [0.1, 0.15) is 0 Å². The van der Waals surface area contributed by atoms with Gasteiger partial charge in [0.2, 0.25) is 5.91 Å². The lowest BCUT2D eigenvalue weighted by molar-refractivity contribution is -0.131. The van der Waals surface area contributed by atoms with Crippen molar-refractivity contribution in [2.45, 2.75) is 25.2 Å². The minimum absolute atomic E-state index is 0.0309. The lowest BCUT2D eigenvalue weighted by Crippen LogP contribution is -2.40. The van der Waals surface area contributed by atoms with E-state index < -0.39 is 5.91 Å². The second-order valence-electron chi connectivity index (χ2n) is 8.02. The first kappa shape index (κ1) is 21.6. The molecule has 2 N–H and O–H groups in total. The van der Waals surface area contributed by atoms with Gasteiger partial charge in [0.25, 0.3) is 5.91 Å². The Bertz CT molecular complexity index is 1160. The van der Waals surface area contributed by atoms with Crippen LogP contribution in [0.25, 0.3) is 10.9 Å². The molecule has 1 aliphatic rings. The van der Waals surface area contributed by atoms with Crippen molar-refractivity contribution < 1.29 is 19.1 Å². The van der Waals surface area contributed by atoms with Crippen molar-refractivity contribution in [3.63, 3.8) is 0 Å². The van der Waals surface area contributed by atoms with Crippen LogP contribution in [-0.2, 0) is 11.2 Å². The van der Waals surface area contributed by atoms with Gasteiger partial charge >= 0.3 is 0 Å². The molecule has 0 saturated carbocycles. The summed E-state index contributed by atoms with van der Waals surface area (Å²) in [4.78, 5) is 31.9. The molecule has 1 fully saturated rings. The van der Waals surface area contributed by atoms with E-state index in [0.29, 0.717) is 35.8 Å². The van der Waals surface area contributed by atoms with Crippen LogP contribution >= 0.6 is 0 Å². The molecule has 0 bridgehead atoms. The van der Waals surface area contributed by atoms with E-state index in [9.17, 15) is 9.59 Å². The molecule has 4 rings (SSSR count). The number of nitrogens with zero attached hydrogens (tertiary/aromatic N) is 2. The number of primary amides is 1. The van der Waals surface area contributed by atoms with Gasteiger partial charge in [0.15, 0.2) is 11.5 Å². The predicted octanol–water partition coefficient (Wildman–Crippen LogP) is 3.30. The van der Waals surface area contributed by atoms with Gasteiger partial charge in [-0.1, -0.05) is 24.3 Å². The molecule has 2 aromatic carbocycles. The van der Waals surface area contributed by atoms with Gasteiger partial charge in [-0.3, -0.25) is 14.6 Å². The molecule has 166 valence electrons. The third kappa shape index (κ3) is 4.37. The maximum absolute atomic E-state index is 13.1. The summed E-state index contributed by atoms with van der Waals surface area (Å²) in [5, 5.41) is 0.877. The van der Waals surface area contributed by atoms with Crippen molar-refractivity contribution in [2.24, 2.45) is 5.73 Å². The van der Waals surface area contributed by atoms with Gasteiger partial charge in [0.05, 0.1) is 37.4 Å². The van der Waals surface area contributed by atoms with E-state index in [1.54, 1.807) is 20.3 Å². The number of nitrogens with two attached hydrogens (primary N) is 1. The first-order valence-electron chi connectivity index (χ1n) is 10.7. The summed E-state index contributed by atoms with van der Waals surface area (Å²) < 4.78 is 10.6. The molecule has 2 heterocycles. The number of pyridine rings is 1. The molecule has 7 heteroatoms. The fourth-order valence-electron chi connectivity index (χ4n) is 4.34. The largest absolute Gasteiger partial charge is 0.493 e. The van der Waals surface area contributed by atoms with E-state index in [4.69, 9.17) is 20.2 Å². The summed E-state index contributed by atoms with van der Waals surface area (Å²) in [7, 11) is 3.16. The number of amides is 2. The average molecular weight is 434 g/mol. The summed E-state index contributed by atoms with van der Waals surface area (Å²) >= 11 is 0. The first-order valence-corrected chi connectivity index (χ1v) is 10.7. The number of rotatable bonds is 6. The van der Waals surface area contributed by atoms with E-state index in [1.165, 1.54) is 0 Å². The van der Waals surface area contributed by atoms with Crippen LogP contribution < -0.4 is 15.2 Å². The Morgan fingerprint density at radius 3 is 2.62 bits per heavy atom. The van der Waals surface area contributed by atoms with Gasteiger partial charge in [-0.2, -0.15) is 0 Å². The zero-order chi connectivity index (χ0) is 22.7. The van der Waals surface area contributed by atoms with E-state index in [0.717, 1.165) is 29.3 Å². The van der Waals surface area contributed by atoms with Crippen LogP contribution in [-0.4, -0.2) is 49.0 Å². The van der Waals surface area contributed by atoms with Gasteiger partial charge in [-0.05, 0) is 42.7 Å². The number of methoxy groups -OCH3 is 2. The molecule has 0 radical (unpaired) electrons. The molecule has 1 aliphatic heterocycles. The van der Waals surface area contributed by atoms with E-state index in [-0.39, 0.29) is 18.2 Å². The second-order valence-corrected chi connectivity index (χ2v) is 8.02. The number of carbonyl (C=O) groups is 2. The number of likely N-dealkylation sites (tertiary alicyclic amines) is 1. The number of para-hydroxylation sites is 1. The number of piperidine rings is 1. The van der Waals surface area contributed by atoms with Crippen molar-refractivity contribution in [3.8, 4) is 11.5 Å². The smallest absolute Gasteiger partial charge is 0.250 e. The standard InChI is InChI=1S/C25H27N3O4/c1-31-21-10-9-16(12-22(21)32-2)13-23(29)28-11-5-7-18(15-28)24-19(25(26)30)14-17-6-3-4-8-20(17)27-24/h3-4,6,8-10,12,14,18H,5,7,11,13,15H2,1-2H3,(H2,26,30). The maximum Gasteiger partial charge on any atom is 0.250 e. The Morgan fingerprint density at radius 1 is 1.09 bits per heavy atom. The van der Waals surface area contributed by atoms with Crippen molar-refractivity contribution in [2.75, 3.05) is 27.3 Å². The monoisotopic (exact) mass is 433 g/mol. The van der Waals surface area contributed by atoms with Gasteiger partial charge in [-0.15, -0.1) is 0 Å². The van der Waals surface area contributed by atoms with Gasteiger partial charge in [-0.25, -0.2) is 0 Å². The van der Waals surface area contributed by atoms with Crippen LogP contribution in [0.1, 0.15) is 40.4 Å². The number of carbonyl (C=O) groups excluding carboxylic acids is 2. The number of benzene rings is 2. The highest BCUT2D eigenvalue weighted by Gasteiger charge is 2.28. The molecule has 1 aromatic heterocycles. The topological polar surface area (TPSA) is 94.8 Å². The van der Waals surface area contributed by atoms with E-state index in [1.807, 2.05) is 47.4 Å². The minimum Gasteiger partial charge on any atom is -0.493 e. The zero-order valence-corrected chi connectivity index (χ0v) is 18.3. The summed E-state index contributed by atoms with van der Waals surface area (Å²) in [6.07, 6.45) is 1.96. The number of fused-ring (bicyclic) bond motifs is 1. The highest BCUT2D eigenvalue weighted by molar-refractivity contribution is 5.97. The zero-order valence-electron chi connectivity index (χ0n) is 18.3. The fourth-order valence-corrected chi connectivity index (χ4v) is 4.34. The summed E-state index contributed by atoms with van der Waals surface area (Å²) in [5.74, 6) is 0.726. The molecule has 1 atom stereocenters. The predicted molar refractivity (Wildman–Crippen MR) is 122 cm³/mol. The number of hydrogen-bond donors (Lipinski definition) is 1. The Labute approximate surface area is 187 Å². The quantitative estimate of drug-likeness (QED) is 0.644. The molecule has 2 amide bonds. The number of ether oxygens (including phenoxy) is 2. The average Bonchev–Trinajstić information content (AvgIpc) is 2.83. The van der Waals surface area contributed by atoms with Gasteiger partial charge in [0, 0.05) is 24.4 Å². The van der Waals surface area contributed by atoms with Crippen LogP contribution in [0.15, 0.2) is 48.5 Å². The fraction of sp³-hybridized carbons (Fsp3) is 0.320. The minimum atomic E-state index is -0.493. The molecule has 0 spiro atoms. The summed E-state index contributed by atoms with van der Waals surface area (Å²) in [6, 6.07) is 15.0. The Balaban J connectivity index is 1.55. The SMILES string of the molecule is COc1ccc(CC(=O)N2CCCC(c3nc4ccccc4cc3C(N)=O)C2)cc1OC. The lowest BCUT2D eigenvalue weighted by Gasteiger charge is -2.33. The number of hydrogen-bond acceptors (Lipinski definition) is 5. The Hall–Kier alpha value is -3.61. The van der Waals surface area contributed by atoms with Crippen molar-refractivity contribution in [1.82, 2.24) is 9.88 Å². The van der Waals surface area contributed by atoms with Crippen molar-refractivity contribution in [3.05, 3.63) is 65.4 Å². The molecular weight excluding hydrogens is 406 g/mol. The van der Waals surface area contributed by atoms with Crippen LogP contribution in [0, 0.1) is 0 Å². The third-order valence-electron chi connectivity index (χ3n) is 5.98. The van der Waals surface area contributed by atoms with Crippen LogP contribution in [0.4, 0.5) is 0 Å². The van der Waals surface area contributed by atoms with E-state index in [2.05, 4.69) is 0 Å². The molecular formula is C25H27N3O4. The second kappa shape index (κ2) is 9.26. The van der Waals surface area contributed by atoms with E-state index >= 15 is 0 Å². The Morgan fingerprint density at radius 2 is 1.88 bits per heavy atom. The van der Waals surface area contributed by atoms with Crippen molar-refractivity contribution >= 4 is 22.7 Å². The molecule has 7 nitrogen and oxygen atoms in total. The van der Waals surface area contributed by atoms with Crippen LogP contribution in [0.5, 0.6) is 11.5 Å². The number of aromatic nitrogens is 1. The summed E-state index contributed by atoms with van der Waals surface area (Å²) in [5.41, 5.74) is 8.47. The normalized spacial score (nSPS) is 16.1. The molecule has 1 unspecified atom stereocenters. The molecule has 0 aliphatic carbocycles. The maximum atomic E-state index is 13.1. The highest BCUT2D eigenvalue weighted by atomic mass is 16.5. The lowest BCUT2D eigenvalue weighted by atomic mass is 9.90. The summed E-state index contributed by atoms with van der Waals surface area (Å²) in [6.45, 7) is 1.19. The third-order valence-corrected chi connectivity index (χ3v) is 5.98. The first-order chi connectivity index (χ1) is 15.5. The van der Waals surface area contributed by atoms with Crippen LogP contribution in [0.2, 0.25) is 0 Å². The molecule has 32 heavy (non-hydrogen) atoms. The Kier molecular flexibility index (Phi) is 6.25. The van der Waals surface area contributed by atoms with Crippen LogP contribution in [0.3, 0.4) is 0 Å². The molecule has 1 saturated heterocycles.